The number of para-hydroxylation sites is 1. The van der Waals surface area contributed by atoms with Gasteiger partial charge in [0.05, 0.1) is 23.9 Å². The summed E-state index contributed by atoms with van der Waals surface area (Å²) < 4.78 is 5.97. The maximum Gasteiger partial charge on any atom is 0.120 e. The van der Waals surface area contributed by atoms with Crippen molar-refractivity contribution in [1.82, 2.24) is 0 Å². The van der Waals surface area contributed by atoms with Crippen LogP contribution in [-0.4, -0.2) is 25.4 Å². The molecule has 0 fully saturated rings. The van der Waals surface area contributed by atoms with Gasteiger partial charge in [-0.1, -0.05) is 24.3 Å². The van der Waals surface area contributed by atoms with Crippen molar-refractivity contribution in [1.29, 1.82) is 5.26 Å². The zero-order chi connectivity index (χ0) is 17.1. The van der Waals surface area contributed by atoms with Gasteiger partial charge in [0.15, 0.2) is 0 Å². The minimum Gasteiger partial charge on any atom is -0.492 e. The molecule has 0 spiro atoms. The van der Waals surface area contributed by atoms with Crippen LogP contribution in [0.3, 0.4) is 0 Å². The Morgan fingerprint density at radius 1 is 1.08 bits per heavy atom. The summed E-state index contributed by atoms with van der Waals surface area (Å²) >= 11 is 1.92. The maximum atomic E-state index is 9.18. The van der Waals surface area contributed by atoms with Gasteiger partial charge in [-0.25, -0.2) is 0 Å². The second-order valence-corrected chi connectivity index (χ2v) is 7.09. The van der Waals surface area contributed by atoms with Gasteiger partial charge in [-0.2, -0.15) is 5.26 Å². The smallest absolute Gasteiger partial charge is 0.120 e. The largest absolute Gasteiger partial charge is 0.492 e. The first-order valence-corrected chi connectivity index (χ1v) is 9.36. The molecule has 124 valence electrons. The van der Waals surface area contributed by atoms with E-state index in [2.05, 4.69) is 35.2 Å². The summed E-state index contributed by atoms with van der Waals surface area (Å²) in [7, 11) is 0. The van der Waals surface area contributed by atoms with E-state index < -0.39 is 0 Å². The highest BCUT2D eigenvalue weighted by atomic mass is 32.2. The van der Waals surface area contributed by atoms with E-state index in [0.29, 0.717) is 12.2 Å². The molecule has 0 saturated heterocycles. The zero-order valence-corrected chi connectivity index (χ0v) is 14.6. The number of anilines is 1. The normalized spacial score (nSPS) is 13.3. The third kappa shape index (κ3) is 3.29. The second kappa shape index (κ2) is 7.08. The summed E-state index contributed by atoms with van der Waals surface area (Å²) in [6.07, 6.45) is 0. The summed E-state index contributed by atoms with van der Waals surface area (Å²) in [5.74, 6) is 1.96. The Morgan fingerprint density at radius 3 is 2.92 bits per heavy atom. The van der Waals surface area contributed by atoms with Gasteiger partial charge in [-0.3, -0.25) is 0 Å². The van der Waals surface area contributed by atoms with Crippen LogP contribution in [-0.2, 0) is 0 Å². The highest BCUT2D eigenvalue weighted by Gasteiger charge is 2.16. The van der Waals surface area contributed by atoms with Gasteiger partial charge in [0.2, 0.25) is 0 Å². The fourth-order valence-corrected chi connectivity index (χ4v) is 4.23. The van der Waals surface area contributed by atoms with Crippen LogP contribution < -0.4 is 9.64 Å². The van der Waals surface area contributed by atoms with Crippen LogP contribution in [0.4, 0.5) is 5.69 Å². The van der Waals surface area contributed by atoms with Crippen LogP contribution in [0, 0.1) is 11.3 Å². The minimum atomic E-state index is 0.641. The highest BCUT2D eigenvalue weighted by Crippen LogP contribution is 2.34. The molecule has 3 aromatic rings. The topological polar surface area (TPSA) is 36.3 Å². The predicted molar refractivity (Wildman–Crippen MR) is 104 cm³/mol. The number of nitrogens with zero attached hydrogens (tertiary/aromatic N) is 2. The van der Waals surface area contributed by atoms with Gasteiger partial charge >= 0.3 is 0 Å². The van der Waals surface area contributed by atoms with Crippen molar-refractivity contribution in [3.63, 3.8) is 0 Å². The Hall–Kier alpha value is -2.64. The van der Waals surface area contributed by atoms with E-state index in [0.717, 1.165) is 35.4 Å². The van der Waals surface area contributed by atoms with Crippen molar-refractivity contribution in [2.24, 2.45) is 0 Å². The quantitative estimate of drug-likeness (QED) is 0.686. The van der Waals surface area contributed by atoms with E-state index in [-0.39, 0.29) is 0 Å². The molecule has 3 aromatic carbocycles. The molecule has 0 amide bonds. The maximum absolute atomic E-state index is 9.18. The first kappa shape index (κ1) is 15.9. The fraction of sp³-hybridized carbons (Fsp3) is 0.190. The SMILES string of the molecule is N#Cc1cccc2cc(OCCN3CCSc4ccccc43)ccc12. The van der Waals surface area contributed by atoms with Crippen LogP contribution in [0.15, 0.2) is 65.6 Å². The third-order valence-corrected chi connectivity index (χ3v) is 5.47. The molecule has 4 rings (SSSR count). The van der Waals surface area contributed by atoms with Gasteiger partial charge in [0.1, 0.15) is 12.4 Å². The number of hydrogen-bond donors (Lipinski definition) is 0. The van der Waals surface area contributed by atoms with Crippen LogP contribution in [0.25, 0.3) is 10.8 Å². The third-order valence-electron chi connectivity index (χ3n) is 4.43. The van der Waals surface area contributed by atoms with Crippen molar-refractivity contribution in [3.05, 3.63) is 66.2 Å². The lowest BCUT2D eigenvalue weighted by atomic mass is 10.1. The van der Waals surface area contributed by atoms with E-state index in [1.807, 2.05) is 48.2 Å². The fourth-order valence-electron chi connectivity index (χ4n) is 3.18. The first-order chi connectivity index (χ1) is 12.3. The van der Waals surface area contributed by atoms with Crippen molar-refractivity contribution < 1.29 is 4.74 Å². The predicted octanol–water partition coefficient (Wildman–Crippen LogP) is 4.70. The van der Waals surface area contributed by atoms with Crippen LogP contribution in [0.1, 0.15) is 5.56 Å². The van der Waals surface area contributed by atoms with Crippen molar-refractivity contribution in [2.45, 2.75) is 4.90 Å². The molecule has 1 aliphatic heterocycles. The molecule has 0 bridgehead atoms. The first-order valence-electron chi connectivity index (χ1n) is 8.37. The Labute approximate surface area is 151 Å². The van der Waals surface area contributed by atoms with E-state index in [4.69, 9.17) is 4.74 Å². The molecule has 0 saturated carbocycles. The van der Waals surface area contributed by atoms with E-state index in [1.54, 1.807) is 0 Å². The van der Waals surface area contributed by atoms with Crippen molar-refractivity contribution >= 4 is 28.2 Å². The number of thioether (sulfide) groups is 1. The van der Waals surface area contributed by atoms with Crippen LogP contribution in [0.5, 0.6) is 5.75 Å². The van der Waals surface area contributed by atoms with Crippen molar-refractivity contribution in [2.75, 3.05) is 30.3 Å². The molecular weight excluding hydrogens is 328 g/mol. The summed E-state index contributed by atoms with van der Waals surface area (Å²) in [6.45, 7) is 2.56. The molecule has 0 aromatic heterocycles. The number of hydrogen-bond acceptors (Lipinski definition) is 4. The van der Waals surface area contributed by atoms with Crippen molar-refractivity contribution in [3.8, 4) is 11.8 Å². The van der Waals surface area contributed by atoms with E-state index in [9.17, 15) is 5.26 Å². The zero-order valence-electron chi connectivity index (χ0n) is 13.8. The number of nitriles is 1. The monoisotopic (exact) mass is 346 g/mol. The molecule has 0 atom stereocenters. The van der Waals surface area contributed by atoms with Gasteiger partial charge < -0.3 is 9.64 Å². The molecule has 0 N–H and O–H groups in total. The lowest BCUT2D eigenvalue weighted by molar-refractivity contribution is 0.324. The number of fused-ring (bicyclic) bond motifs is 2. The molecule has 1 aliphatic rings. The molecule has 0 unspecified atom stereocenters. The van der Waals surface area contributed by atoms with Gasteiger partial charge in [0, 0.05) is 17.2 Å². The van der Waals surface area contributed by atoms with Gasteiger partial charge in [-0.05, 0) is 47.2 Å². The molecule has 4 heteroatoms. The Morgan fingerprint density at radius 2 is 2.00 bits per heavy atom. The van der Waals surface area contributed by atoms with Crippen LogP contribution in [0.2, 0.25) is 0 Å². The lowest BCUT2D eigenvalue weighted by Crippen LogP contribution is -2.33. The summed E-state index contributed by atoms with van der Waals surface area (Å²) in [6, 6.07) is 22.5. The lowest BCUT2D eigenvalue weighted by Gasteiger charge is -2.30. The highest BCUT2D eigenvalue weighted by molar-refractivity contribution is 7.99. The summed E-state index contributed by atoms with van der Waals surface area (Å²) in [4.78, 5) is 3.74. The second-order valence-electron chi connectivity index (χ2n) is 5.95. The molecule has 25 heavy (non-hydrogen) atoms. The number of rotatable bonds is 4. The molecule has 1 heterocycles. The Kier molecular flexibility index (Phi) is 4.49. The average molecular weight is 346 g/mol. The number of ether oxygens (including phenoxy) is 1. The van der Waals surface area contributed by atoms with Gasteiger partial charge in [-0.15, -0.1) is 11.8 Å². The van der Waals surface area contributed by atoms with Gasteiger partial charge in [0.25, 0.3) is 0 Å². The molecular formula is C21H18N2OS. The Bertz CT molecular complexity index is 948. The van der Waals surface area contributed by atoms with Crippen LogP contribution >= 0.6 is 11.8 Å². The average Bonchev–Trinajstić information content (AvgIpc) is 2.67. The molecule has 0 aliphatic carbocycles. The van der Waals surface area contributed by atoms with E-state index >= 15 is 0 Å². The number of benzene rings is 3. The molecule has 0 radical (unpaired) electrons. The van der Waals surface area contributed by atoms with E-state index in [1.165, 1.54) is 10.6 Å². The summed E-state index contributed by atoms with van der Waals surface area (Å²) in [5.41, 5.74) is 2.01. The summed E-state index contributed by atoms with van der Waals surface area (Å²) in [5, 5.41) is 11.2. The standard InChI is InChI=1S/C21H18N2OS/c22-15-17-5-3-4-16-14-18(8-9-19(16)17)24-12-10-23-11-13-25-21-7-2-1-6-20(21)23/h1-9,14H,10-13H2. The molecule has 3 nitrogen and oxygen atoms in total. The minimum absolute atomic E-state index is 0.641. The Balaban J connectivity index is 1.44.